The van der Waals surface area contributed by atoms with Gasteiger partial charge in [-0.3, -0.25) is 4.79 Å². The van der Waals surface area contributed by atoms with Crippen LogP contribution in [0.25, 0.3) is 0 Å². The Hall–Kier alpha value is -0.570. The second-order valence-corrected chi connectivity index (χ2v) is 5.08. The maximum Gasteiger partial charge on any atom is 0.304 e. The highest BCUT2D eigenvalue weighted by molar-refractivity contribution is 5.67. The molecule has 1 fully saturated rings. The molecule has 0 saturated heterocycles. The van der Waals surface area contributed by atoms with Crippen LogP contribution >= 0.6 is 0 Å². The number of hydrogen-bond donors (Lipinski definition) is 2. The normalized spacial score (nSPS) is 21.6. The lowest BCUT2D eigenvalue weighted by atomic mass is 9.82. The molecular formula is C13H25NO2. The fourth-order valence-electron chi connectivity index (χ4n) is 2.81. The molecule has 0 spiro atoms. The average molecular weight is 227 g/mol. The summed E-state index contributed by atoms with van der Waals surface area (Å²) in [5.41, 5.74) is 0. The molecule has 0 amide bonds. The van der Waals surface area contributed by atoms with Gasteiger partial charge in [-0.15, -0.1) is 0 Å². The first-order valence-electron chi connectivity index (χ1n) is 6.61. The Morgan fingerprint density at radius 1 is 1.38 bits per heavy atom. The summed E-state index contributed by atoms with van der Waals surface area (Å²) in [6.45, 7) is 4.17. The molecule has 3 heteroatoms. The minimum atomic E-state index is -0.710. The molecule has 0 aromatic rings. The molecule has 3 nitrogen and oxygen atoms in total. The highest BCUT2D eigenvalue weighted by Crippen LogP contribution is 2.27. The van der Waals surface area contributed by atoms with E-state index in [0.29, 0.717) is 6.04 Å². The minimum Gasteiger partial charge on any atom is -0.481 e. The van der Waals surface area contributed by atoms with E-state index in [4.69, 9.17) is 5.11 Å². The van der Waals surface area contributed by atoms with Crippen LogP contribution in [0.5, 0.6) is 0 Å². The molecule has 1 aliphatic carbocycles. The monoisotopic (exact) mass is 227 g/mol. The zero-order valence-corrected chi connectivity index (χ0v) is 10.5. The molecule has 0 aromatic heterocycles. The van der Waals surface area contributed by atoms with Gasteiger partial charge in [0.25, 0.3) is 0 Å². The predicted molar refractivity (Wildman–Crippen MR) is 65.5 cm³/mol. The van der Waals surface area contributed by atoms with Crippen LogP contribution in [0.1, 0.15) is 58.8 Å². The Balaban J connectivity index is 2.37. The Labute approximate surface area is 98.6 Å². The van der Waals surface area contributed by atoms with Gasteiger partial charge in [-0.1, -0.05) is 26.2 Å². The van der Waals surface area contributed by atoms with Gasteiger partial charge in [-0.2, -0.15) is 0 Å². The Bertz CT molecular complexity index is 212. The van der Waals surface area contributed by atoms with Crippen molar-refractivity contribution in [1.29, 1.82) is 0 Å². The van der Waals surface area contributed by atoms with Gasteiger partial charge in [0.05, 0.1) is 6.42 Å². The number of carboxylic acid groups (broad SMARTS) is 1. The van der Waals surface area contributed by atoms with Gasteiger partial charge in [0.1, 0.15) is 0 Å². The van der Waals surface area contributed by atoms with Gasteiger partial charge in [0, 0.05) is 12.1 Å². The van der Waals surface area contributed by atoms with E-state index in [-0.39, 0.29) is 12.5 Å². The van der Waals surface area contributed by atoms with Crippen LogP contribution in [0.2, 0.25) is 0 Å². The van der Waals surface area contributed by atoms with Crippen LogP contribution in [0.15, 0.2) is 0 Å². The highest BCUT2D eigenvalue weighted by Gasteiger charge is 2.23. The molecule has 1 aliphatic rings. The van der Waals surface area contributed by atoms with Crippen molar-refractivity contribution in [2.45, 2.75) is 70.9 Å². The van der Waals surface area contributed by atoms with Crippen molar-refractivity contribution in [1.82, 2.24) is 5.32 Å². The summed E-state index contributed by atoms with van der Waals surface area (Å²) in [4.78, 5) is 10.6. The van der Waals surface area contributed by atoms with Gasteiger partial charge in [0.2, 0.25) is 0 Å². The first-order chi connectivity index (χ1) is 7.63. The van der Waals surface area contributed by atoms with Crippen LogP contribution in [-0.2, 0) is 4.79 Å². The van der Waals surface area contributed by atoms with E-state index in [1.54, 1.807) is 0 Å². The number of carbonyl (C=O) groups is 1. The predicted octanol–water partition coefficient (Wildman–Crippen LogP) is 2.80. The van der Waals surface area contributed by atoms with Gasteiger partial charge < -0.3 is 10.4 Å². The van der Waals surface area contributed by atoms with Crippen molar-refractivity contribution in [3.8, 4) is 0 Å². The van der Waals surface area contributed by atoms with E-state index < -0.39 is 5.97 Å². The molecule has 16 heavy (non-hydrogen) atoms. The summed E-state index contributed by atoms with van der Waals surface area (Å²) in [5, 5.41) is 12.2. The summed E-state index contributed by atoms with van der Waals surface area (Å²) in [7, 11) is 0. The van der Waals surface area contributed by atoms with Gasteiger partial charge >= 0.3 is 5.97 Å². The van der Waals surface area contributed by atoms with Gasteiger partial charge in [-0.25, -0.2) is 0 Å². The molecule has 94 valence electrons. The van der Waals surface area contributed by atoms with Crippen molar-refractivity contribution >= 4 is 5.97 Å². The van der Waals surface area contributed by atoms with E-state index >= 15 is 0 Å². The Morgan fingerprint density at radius 2 is 2.00 bits per heavy atom. The van der Waals surface area contributed by atoms with Crippen LogP contribution in [0.4, 0.5) is 0 Å². The van der Waals surface area contributed by atoms with E-state index in [1.165, 1.54) is 32.1 Å². The number of carboxylic acids is 1. The fraction of sp³-hybridized carbons (Fsp3) is 0.923. The standard InChI is InChI=1S/C13H25NO2/c1-3-12(11-7-5-4-6-8-11)14-10(2)9-13(15)16/h10-12,14H,3-9H2,1-2H3,(H,15,16). The molecule has 0 aliphatic heterocycles. The van der Waals surface area contributed by atoms with Crippen molar-refractivity contribution < 1.29 is 9.90 Å². The SMILES string of the molecule is CCC(NC(C)CC(=O)O)C1CCCCC1. The van der Waals surface area contributed by atoms with Crippen molar-refractivity contribution in [3.05, 3.63) is 0 Å². The van der Waals surface area contributed by atoms with Crippen LogP contribution in [0.3, 0.4) is 0 Å². The molecule has 0 aromatic carbocycles. The average Bonchev–Trinajstić information content (AvgIpc) is 2.26. The van der Waals surface area contributed by atoms with E-state index in [9.17, 15) is 4.79 Å². The summed E-state index contributed by atoms with van der Waals surface area (Å²) in [6, 6.07) is 0.596. The molecule has 2 unspecified atom stereocenters. The van der Waals surface area contributed by atoms with Crippen LogP contribution in [0, 0.1) is 5.92 Å². The highest BCUT2D eigenvalue weighted by atomic mass is 16.4. The third-order valence-corrected chi connectivity index (χ3v) is 3.64. The molecule has 2 atom stereocenters. The zero-order valence-electron chi connectivity index (χ0n) is 10.5. The third kappa shape index (κ3) is 4.52. The summed E-state index contributed by atoms with van der Waals surface area (Å²) in [6.07, 6.45) is 8.01. The summed E-state index contributed by atoms with van der Waals surface area (Å²) in [5.74, 6) is 0.0495. The summed E-state index contributed by atoms with van der Waals surface area (Å²) >= 11 is 0. The van der Waals surface area contributed by atoms with Crippen molar-refractivity contribution in [2.24, 2.45) is 5.92 Å². The van der Waals surface area contributed by atoms with Crippen molar-refractivity contribution in [2.75, 3.05) is 0 Å². The largest absolute Gasteiger partial charge is 0.481 e. The Morgan fingerprint density at radius 3 is 2.50 bits per heavy atom. The second-order valence-electron chi connectivity index (χ2n) is 5.08. The third-order valence-electron chi connectivity index (χ3n) is 3.64. The van der Waals surface area contributed by atoms with E-state index in [2.05, 4.69) is 12.2 Å². The smallest absolute Gasteiger partial charge is 0.304 e. The first-order valence-corrected chi connectivity index (χ1v) is 6.61. The summed E-state index contributed by atoms with van der Waals surface area (Å²) < 4.78 is 0. The van der Waals surface area contributed by atoms with E-state index in [1.807, 2.05) is 6.92 Å². The molecule has 0 bridgehead atoms. The zero-order chi connectivity index (χ0) is 12.0. The lowest BCUT2D eigenvalue weighted by Gasteiger charge is -2.32. The fourth-order valence-corrected chi connectivity index (χ4v) is 2.81. The Kier molecular flexibility index (Phi) is 5.81. The molecular weight excluding hydrogens is 202 g/mol. The maximum atomic E-state index is 10.6. The van der Waals surface area contributed by atoms with E-state index in [0.717, 1.165) is 12.3 Å². The quantitative estimate of drug-likeness (QED) is 0.733. The van der Waals surface area contributed by atoms with Gasteiger partial charge in [-0.05, 0) is 32.1 Å². The lowest BCUT2D eigenvalue weighted by molar-refractivity contribution is -0.137. The molecule has 0 radical (unpaired) electrons. The van der Waals surface area contributed by atoms with Crippen LogP contribution < -0.4 is 5.32 Å². The number of aliphatic carboxylic acids is 1. The molecule has 2 N–H and O–H groups in total. The lowest BCUT2D eigenvalue weighted by Crippen LogP contribution is -2.42. The molecule has 1 saturated carbocycles. The first kappa shape index (κ1) is 13.5. The molecule has 0 heterocycles. The van der Waals surface area contributed by atoms with Crippen molar-refractivity contribution in [3.63, 3.8) is 0 Å². The second kappa shape index (κ2) is 6.89. The number of hydrogen-bond acceptors (Lipinski definition) is 2. The number of nitrogens with one attached hydrogen (secondary N) is 1. The topological polar surface area (TPSA) is 49.3 Å². The number of rotatable bonds is 6. The maximum absolute atomic E-state index is 10.6. The van der Waals surface area contributed by atoms with Gasteiger partial charge in [0.15, 0.2) is 0 Å². The van der Waals surface area contributed by atoms with Crippen LogP contribution in [-0.4, -0.2) is 23.2 Å². The minimum absolute atomic E-state index is 0.0874. The molecule has 1 rings (SSSR count).